The molecule has 106 valence electrons. The van der Waals surface area contributed by atoms with Crippen molar-refractivity contribution in [2.75, 3.05) is 11.5 Å². The summed E-state index contributed by atoms with van der Waals surface area (Å²) in [7, 11) is 0. The molecule has 4 aromatic rings. The second-order valence-electron chi connectivity index (χ2n) is 5.43. The van der Waals surface area contributed by atoms with Gasteiger partial charge in [-0.25, -0.2) is 0 Å². The summed E-state index contributed by atoms with van der Waals surface area (Å²) in [5.74, 6) is 0. The number of hydrogen-bond acceptors (Lipinski definition) is 3. The summed E-state index contributed by atoms with van der Waals surface area (Å²) in [5.41, 5.74) is 16.8. The van der Waals surface area contributed by atoms with E-state index in [1.54, 1.807) is 0 Å². The van der Waals surface area contributed by atoms with Crippen LogP contribution in [0.15, 0.2) is 66.9 Å². The summed E-state index contributed by atoms with van der Waals surface area (Å²) in [6.07, 6.45) is 1.83. The Morgan fingerprint density at radius 2 is 1.50 bits per heavy atom. The summed E-state index contributed by atoms with van der Waals surface area (Å²) in [4.78, 5) is 4.48. The summed E-state index contributed by atoms with van der Waals surface area (Å²) >= 11 is 0. The van der Waals surface area contributed by atoms with E-state index < -0.39 is 0 Å². The van der Waals surface area contributed by atoms with E-state index in [-0.39, 0.29) is 0 Å². The van der Waals surface area contributed by atoms with Crippen LogP contribution in [0.3, 0.4) is 0 Å². The predicted octanol–water partition coefficient (Wildman–Crippen LogP) is 4.22. The van der Waals surface area contributed by atoms with Crippen molar-refractivity contribution in [3.63, 3.8) is 0 Å². The van der Waals surface area contributed by atoms with Crippen LogP contribution >= 0.6 is 0 Å². The van der Waals surface area contributed by atoms with Crippen molar-refractivity contribution in [2.45, 2.75) is 0 Å². The topological polar surface area (TPSA) is 64.9 Å². The van der Waals surface area contributed by atoms with Gasteiger partial charge >= 0.3 is 0 Å². The first-order valence-corrected chi connectivity index (χ1v) is 7.15. The Hall–Kier alpha value is -3.07. The maximum absolute atomic E-state index is 6.25. The van der Waals surface area contributed by atoms with E-state index in [1.165, 1.54) is 0 Å². The lowest BCUT2D eigenvalue weighted by Gasteiger charge is -2.10. The number of benzene rings is 3. The molecule has 0 saturated carbocycles. The Morgan fingerprint density at radius 1 is 0.682 bits per heavy atom. The van der Waals surface area contributed by atoms with Crippen LogP contribution in [0.1, 0.15) is 0 Å². The molecule has 0 bridgehead atoms. The van der Waals surface area contributed by atoms with Crippen LogP contribution < -0.4 is 11.5 Å². The normalized spacial score (nSPS) is 11.1. The molecule has 0 radical (unpaired) electrons. The van der Waals surface area contributed by atoms with Crippen molar-refractivity contribution in [3.8, 4) is 11.1 Å². The minimum atomic E-state index is 0.727. The van der Waals surface area contributed by atoms with E-state index in [0.717, 1.165) is 44.2 Å². The molecule has 0 amide bonds. The smallest absolute Gasteiger partial charge is 0.0710 e. The zero-order valence-corrected chi connectivity index (χ0v) is 12.0. The number of aromatic nitrogens is 1. The Morgan fingerprint density at radius 3 is 2.32 bits per heavy atom. The van der Waals surface area contributed by atoms with E-state index >= 15 is 0 Å². The molecular formula is C19H15N3. The molecular weight excluding hydrogens is 270 g/mol. The molecule has 0 saturated heterocycles. The van der Waals surface area contributed by atoms with Gasteiger partial charge in [-0.2, -0.15) is 0 Å². The Bertz CT molecular complexity index is 992. The van der Waals surface area contributed by atoms with Crippen molar-refractivity contribution in [1.29, 1.82) is 0 Å². The largest absolute Gasteiger partial charge is 0.399 e. The molecule has 4 rings (SSSR count). The number of rotatable bonds is 1. The SMILES string of the molecule is Nc1ccc2ncc3c(N)cc(-c4ccccc4)cc3c2c1. The first-order valence-electron chi connectivity index (χ1n) is 7.15. The van der Waals surface area contributed by atoms with Crippen molar-refractivity contribution in [1.82, 2.24) is 4.98 Å². The molecule has 0 spiro atoms. The lowest BCUT2D eigenvalue weighted by Crippen LogP contribution is -1.92. The van der Waals surface area contributed by atoms with Gasteiger partial charge in [0.1, 0.15) is 0 Å². The quantitative estimate of drug-likeness (QED) is 0.406. The molecule has 0 aliphatic carbocycles. The van der Waals surface area contributed by atoms with Gasteiger partial charge in [0.15, 0.2) is 0 Å². The van der Waals surface area contributed by atoms with Gasteiger partial charge in [0.05, 0.1) is 5.52 Å². The first kappa shape index (κ1) is 12.7. The van der Waals surface area contributed by atoms with E-state index in [1.807, 2.05) is 48.7 Å². The first-order chi connectivity index (χ1) is 10.7. The molecule has 4 N–H and O–H groups in total. The monoisotopic (exact) mass is 285 g/mol. The van der Waals surface area contributed by atoms with E-state index in [2.05, 4.69) is 23.2 Å². The van der Waals surface area contributed by atoms with Gasteiger partial charge in [-0.3, -0.25) is 4.98 Å². The number of fused-ring (bicyclic) bond motifs is 3. The summed E-state index contributed by atoms with van der Waals surface area (Å²) in [5, 5.41) is 3.07. The van der Waals surface area contributed by atoms with Gasteiger partial charge in [-0.05, 0) is 46.8 Å². The van der Waals surface area contributed by atoms with E-state index in [0.29, 0.717) is 0 Å². The Kier molecular flexibility index (Phi) is 2.73. The number of anilines is 2. The van der Waals surface area contributed by atoms with Gasteiger partial charge in [-0.15, -0.1) is 0 Å². The predicted molar refractivity (Wildman–Crippen MR) is 93.5 cm³/mol. The fourth-order valence-electron chi connectivity index (χ4n) is 2.86. The number of pyridine rings is 1. The standard InChI is InChI=1S/C19H15N3/c20-14-6-7-19-16(10-14)15-8-13(12-4-2-1-3-5-12)9-18(21)17(15)11-22-19/h1-11H,20-21H2. The van der Waals surface area contributed by atoms with Gasteiger partial charge in [0, 0.05) is 28.3 Å². The minimum Gasteiger partial charge on any atom is -0.399 e. The third kappa shape index (κ3) is 1.95. The maximum atomic E-state index is 6.25. The molecule has 0 fully saturated rings. The highest BCUT2D eigenvalue weighted by Gasteiger charge is 2.08. The van der Waals surface area contributed by atoms with Crippen LogP contribution in [-0.4, -0.2) is 4.98 Å². The van der Waals surface area contributed by atoms with Gasteiger partial charge in [0.2, 0.25) is 0 Å². The number of nitrogens with zero attached hydrogens (tertiary/aromatic N) is 1. The third-order valence-corrected chi connectivity index (χ3v) is 3.96. The van der Waals surface area contributed by atoms with Crippen LogP contribution in [0.25, 0.3) is 32.8 Å². The highest BCUT2D eigenvalue weighted by Crippen LogP contribution is 2.33. The summed E-state index contributed by atoms with van der Waals surface area (Å²) < 4.78 is 0. The Balaban J connectivity index is 2.11. The molecule has 0 atom stereocenters. The third-order valence-electron chi connectivity index (χ3n) is 3.96. The number of hydrogen-bond donors (Lipinski definition) is 2. The summed E-state index contributed by atoms with van der Waals surface area (Å²) in [6.45, 7) is 0. The van der Waals surface area contributed by atoms with E-state index in [9.17, 15) is 0 Å². The molecule has 3 nitrogen and oxygen atoms in total. The van der Waals surface area contributed by atoms with Crippen LogP contribution in [0.4, 0.5) is 11.4 Å². The zero-order chi connectivity index (χ0) is 15.1. The van der Waals surface area contributed by atoms with Crippen molar-refractivity contribution < 1.29 is 0 Å². The second-order valence-corrected chi connectivity index (χ2v) is 5.43. The fourth-order valence-corrected chi connectivity index (χ4v) is 2.86. The number of nitrogen functional groups attached to an aromatic ring is 2. The Labute approximate surface area is 128 Å². The minimum absolute atomic E-state index is 0.727. The fraction of sp³-hybridized carbons (Fsp3) is 0. The van der Waals surface area contributed by atoms with Crippen LogP contribution in [0.2, 0.25) is 0 Å². The van der Waals surface area contributed by atoms with Crippen LogP contribution in [0.5, 0.6) is 0 Å². The van der Waals surface area contributed by atoms with Crippen molar-refractivity contribution in [2.24, 2.45) is 0 Å². The number of nitrogens with two attached hydrogens (primary N) is 2. The average molecular weight is 285 g/mol. The molecule has 0 aliphatic heterocycles. The van der Waals surface area contributed by atoms with Crippen LogP contribution in [-0.2, 0) is 0 Å². The molecule has 3 heteroatoms. The van der Waals surface area contributed by atoms with Crippen molar-refractivity contribution >= 4 is 33.1 Å². The van der Waals surface area contributed by atoms with Crippen molar-refractivity contribution in [3.05, 3.63) is 66.9 Å². The average Bonchev–Trinajstić information content (AvgIpc) is 2.55. The molecule has 0 unspecified atom stereocenters. The lowest BCUT2D eigenvalue weighted by atomic mass is 9.98. The summed E-state index contributed by atoms with van der Waals surface area (Å²) in [6, 6.07) is 20.1. The molecule has 1 heterocycles. The van der Waals surface area contributed by atoms with Gasteiger partial charge in [0.25, 0.3) is 0 Å². The second kappa shape index (κ2) is 4.74. The van der Waals surface area contributed by atoms with Gasteiger partial charge < -0.3 is 11.5 Å². The van der Waals surface area contributed by atoms with Gasteiger partial charge in [-0.1, -0.05) is 30.3 Å². The maximum Gasteiger partial charge on any atom is 0.0710 e. The molecule has 0 aliphatic rings. The highest BCUT2D eigenvalue weighted by molar-refractivity contribution is 6.11. The molecule has 22 heavy (non-hydrogen) atoms. The highest BCUT2D eigenvalue weighted by atomic mass is 14.7. The zero-order valence-electron chi connectivity index (χ0n) is 12.0. The van der Waals surface area contributed by atoms with Crippen LogP contribution in [0, 0.1) is 0 Å². The lowest BCUT2D eigenvalue weighted by molar-refractivity contribution is 1.44. The molecule has 1 aromatic heterocycles. The van der Waals surface area contributed by atoms with E-state index in [4.69, 9.17) is 11.5 Å². The molecule has 3 aromatic carbocycles.